The molecule has 5 rings (SSSR count). The lowest BCUT2D eigenvalue weighted by molar-refractivity contribution is 0.465. The minimum absolute atomic E-state index is 0.681. The molecule has 0 saturated carbocycles. The van der Waals surface area contributed by atoms with E-state index >= 15 is 0 Å². The van der Waals surface area contributed by atoms with Crippen LogP contribution in [0.4, 0.5) is 0 Å². The van der Waals surface area contributed by atoms with Crippen LogP contribution in [-0.4, -0.2) is 37.2 Å². The lowest BCUT2D eigenvalue weighted by atomic mass is 9.96. The van der Waals surface area contributed by atoms with Crippen LogP contribution in [0.2, 0.25) is 0 Å². The van der Waals surface area contributed by atoms with Crippen molar-refractivity contribution in [2.45, 2.75) is 46.5 Å². The predicted molar refractivity (Wildman–Crippen MR) is 111 cm³/mol. The summed E-state index contributed by atoms with van der Waals surface area (Å²) in [6.07, 6.45) is 8.56. The number of rotatable bonds is 2. The van der Waals surface area contributed by atoms with Crippen LogP contribution >= 0.6 is 11.3 Å². The van der Waals surface area contributed by atoms with E-state index in [1.165, 1.54) is 22.4 Å². The van der Waals surface area contributed by atoms with E-state index in [2.05, 4.69) is 22.6 Å². The maximum atomic E-state index is 4.76. The maximum absolute atomic E-state index is 4.76. The Bertz CT molecular complexity index is 1040. The van der Waals surface area contributed by atoms with E-state index in [-0.39, 0.29) is 0 Å². The first kappa shape index (κ1) is 18.1. The van der Waals surface area contributed by atoms with Crippen LogP contribution in [0.1, 0.15) is 48.9 Å². The standard InChI is InChI=1S/C18H20N6S.C2H6/c1-11-8-23-10-17(21-18(23)12(2)20-11)24-9-16-14(22-24)7-15(25-16)13-3-5-19-6-4-13;1-2/h7-10,13,19H,3-6H2,1-2H3;1-2H3. The van der Waals surface area contributed by atoms with E-state index < -0.39 is 0 Å². The number of aryl methyl sites for hydroxylation is 2. The van der Waals surface area contributed by atoms with Crippen molar-refractivity contribution in [1.82, 2.24) is 29.5 Å². The topological polar surface area (TPSA) is 60.0 Å². The van der Waals surface area contributed by atoms with Crippen LogP contribution in [0, 0.1) is 13.8 Å². The van der Waals surface area contributed by atoms with Crippen molar-refractivity contribution in [3.05, 3.63) is 40.9 Å². The molecular formula is C20H26N6S. The zero-order chi connectivity index (χ0) is 19.0. The van der Waals surface area contributed by atoms with Crippen LogP contribution in [0.3, 0.4) is 0 Å². The maximum Gasteiger partial charge on any atom is 0.172 e. The molecule has 7 heteroatoms. The fourth-order valence-electron chi connectivity index (χ4n) is 3.67. The summed E-state index contributed by atoms with van der Waals surface area (Å²) in [6, 6.07) is 2.26. The Labute approximate surface area is 163 Å². The highest BCUT2D eigenvalue weighted by molar-refractivity contribution is 7.19. The van der Waals surface area contributed by atoms with Crippen LogP contribution in [0.5, 0.6) is 0 Å². The van der Waals surface area contributed by atoms with Crippen molar-refractivity contribution in [2.24, 2.45) is 0 Å². The van der Waals surface area contributed by atoms with Gasteiger partial charge in [0.05, 0.1) is 28.5 Å². The highest BCUT2D eigenvalue weighted by atomic mass is 32.1. The van der Waals surface area contributed by atoms with E-state index in [9.17, 15) is 0 Å². The molecule has 0 unspecified atom stereocenters. The molecule has 142 valence electrons. The van der Waals surface area contributed by atoms with Gasteiger partial charge in [-0.25, -0.2) is 9.67 Å². The van der Waals surface area contributed by atoms with Gasteiger partial charge in [0.25, 0.3) is 0 Å². The summed E-state index contributed by atoms with van der Waals surface area (Å²) < 4.78 is 5.15. The third kappa shape index (κ3) is 3.37. The normalized spacial score (nSPS) is 15.3. The second-order valence-electron chi connectivity index (χ2n) is 6.79. The Morgan fingerprint density at radius 1 is 1.07 bits per heavy atom. The van der Waals surface area contributed by atoms with Crippen molar-refractivity contribution >= 4 is 27.2 Å². The highest BCUT2D eigenvalue weighted by Crippen LogP contribution is 2.35. The number of thiophene rings is 1. The van der Waals surface area contributed by atoms with Crippen molar-refractivity contribution in [1.29, 1.82) is 0 Å². The second-order valence-corrected chi connectivity index (χ2v) is 7.91. The van der Waals surface area contributed by atoms with Gasteiger partial charge in [-0.3, -0.25) is 4.98 Å². The number of fused-ring (bicyclic) bond motifs is 2. The Balaban J connectivity index is 0.000000872. The molecule has 0 bridgehead atoms. The first-order valence-corrected chi connectivity index (χ1v) is 10.5. The van der Waals surface area contributed by atoms with E-state index in [4.69, 9.17) is 10.1 Å². The number of imidazole rings is 1. The molecule has 1 fully saturated rings. The molecule has 0 aromatic carbocycles. The highest BCUT2D eigenvalue weighted by Gasteiger charge is 2.19. The molecule has 1 aliphatic rings. The average molecular weight is 383 g/mol. The number of nitrogens with zero attached hydrogens (tertiary/aromatic N) is 5. The molecular weight excluding hydrogens is 356 g/mol. The van der Waals surface area contributed by atoms with E-state index in [0.29, 0.717) is 5.92 Å². The van der Waals surface area contributed by atoms with Crippen LogP contribution in [0.15, 0.2) is 24.7 Å². The van der Waals surface area contributed by atoms with Gasteiger partial charge in [-0.2, -0.15) is 5.10 Å². The molecule has 1 saturated heterocycles. The Hall–Kier alpha value is -2.25. The Kier molecular flexibility index (Phi) is 4.97. The molecule has 0 radical (unpaired) electrons. The zero-order valence-electron chi connectivity index (χ0n) is 16.4. The van der Waals surface area contributed by atoms with E-state index in [0.717, 1.165) is 41.5 Å². The zero-order valence-corrected chi connectivity index (χ0v) is 17.2. The summed E-state index contributed by atoms with van der Waals surface area (Å²) in [5.74, 6) is 1.52. The Morgan fingerprint density at radius 3 is 2.59 bits per heavy atom. The molecule has 5 heterocycles. The van der Waals surface area contributed by atoms with Crippen molar-refractivity contribution in [3.8, 4) is 5.82 Å². The number of hydrogen-bond donors (Lipinski definition) is 1. The van der Waals surface area contributed by atoms with E-state index in [1.807, 2.05) is 60.5 Å². The van der Waals surface area contributed by atoms with Gasteiger partial charge in [0.15, 0.2) is 11.5 Å². The van der Waals surface area contributed by atoms with Gasteiger partial charge in [-0.05, 0) is 51.8 Å². The second kappa shape index (κ2) is 7.40. The number of nitrogens with one attached hydrogen (secondary N) is 1. The molecule has 0 aliphatic carbocycles. The SMILES string of the molecule is CC.Cc1cn2cc(-n3cc4sc(C5CCNCC5)cc4n3)nc2c(C)n1. The molecule has 0 spiro atoms. The summed E-state index contributed by atoms with van der Waals surface area (Å²) >= 11 is 1.87. The number of piperidine rings is 1. The van der Waals surface area contributed by atoms with Crippen molar-refractivity contribution in [2.75, 3.05) is 13.1 Å². The van der Waals surface area contributed by atoms with Gasteiger partial charge in [-0.1, -0.05) is 13.8 Å². The third-order valence-corrected chi connectivity index (χ3v) is 6.13. The number of hydrogen-bond acceptors (Lipinski definition) is 5. The summed E-state index contributed by atoms with van der Waals surface area (Å²) in [4.78, 5) is 10.7. The molecule has 6 nitrogen and oxygen atoms in total. The van der Waals surface area contributed by atoms with Crippen LogP contribution in [0.25, 0.3) is 21.7 Å². The molecule has 1 aliphatic heterocycles. The van der Waals surface area contributed by atoms with Gasteiger partial charge in [0.1, 0.15) is 5.52 Å². The summed E-state index contributed by atoms with van der Waals surface area (Å²) in [6.45, 7) is 10.2. The van der Waals surface area contributed by atoms with Gasteiger partial charge in [-0.15, -0.1) is 11.3 Å². The summed E-state index contributed by atoms with van der Waals surface area (Å²) in [5, 5.41) is 8.19. The van der Waals surface area contributed by atoms with Crippen LogP contribution < -0.4 is 5.32 Å². The molecule has 0 amide bonds. The van der Waals surface area contributed by atoms with E-state index in [1.54, 1.807) is 0 Å². The average Bonchev–Trinajstić information content (AvgIpc) is 3.36. The fraction of sp³-hybridized carbons (Fsp3) is 0.450. The van der Waals surface area contributed by atoms with Crippen molar-refractivity contribution < 1.29 is 0 Å². The third-order valence-electron chi connectivity index (χ3n) is 4.90. The lowest BCUT2D eigenvalue weighted by Crippen LogP contribution is -2.26. The number of aromatic nitrogens is 5. The van der Waals surface area contributed by atoms with Gasteiger partial charge < -0.3 is 9.72 Å². The largest absolute Gasteiger partial charge is 0.317 e. The van der Waals surface area contributed by atoms with Gasteiger partial charge >= 0.3 is 0 Å². The first-order chi connectivity index (χ1) is 13.2. The lowest BCUT2D eigenvalue weighted by Gasteiger charge is -2.21. The van der Waals surface area contributed by atoms with Crippen LogP contribution in [-0.2, 0) is 0 Å². The fourth-order valence-corrected chi connectivity index (χ4v) is 4.85. The monoisotopic (exact) mass is 382 g/mol. The molecule has 0 atom stereocenters. The molecule has 1 N–H and O–H groups in total. The molecule has 27 heavy (non-hydrogen) atoms. The summed E-state index contributed by atoms with van der Waals surface area (Å²) in [5.41, 5.74) is 3.88. The predicted octanol–water partition coefficient (Wildman–Crippen LogP) is 4.24. The smallest absolute Gasteiger partial charge is 0.172 e. The van der Waals surface area contributed by atoms with Gasteiger partial charge in [0, 0.05) is 11.1 Å². The molecule has 4 aromatic rings. The summed E-state index contributed by atoms with van der Waals surface area (Å²) in [7, 11) is 0. The van der Waals surface area contributed by atoms with Gasteiger partial charge in [0.2, 0.25) is 0 Å². The molecule has 4 aromatic heterocycles. The quantitative estimate of drug-likeness (QED) is 0.563. The van der Waals surface area contributed by atoms with Crippen molar-refractivity contribution in [3.63, 3.8) is 0 Å². The Morgan fingerprint density at radius 2 is 1.85 bits per heavy atom. The first-order valence-electron chi connectivity index (χ1n) is 9.70. The minimum Gasteiger partial charge on any atom is -0.317 e. The minimum atomic E-state index is 0.681.